The van der Waals surface area contributed by atoms with E-state index in [1.54, 1.807) is 20.8 Å². The molecule has 0 atom stereocenters. The van der Waals surface area contributed by atoms with Gasteiger partial charge in [-0.1, -0.05) is 19.3 Å². The van der Waals surface area contributed by atoms with Crippen molar-refractivity contribution in [3.05, 3.63) is 0 Å². The van der Waals surface area contributed by atoms with Crippen LogP contribution in [-0.4, -0.2) is 47.9 Å². The average molecular weight is 246 g/mol. The minimum absolute atomic E-state index is 0.0248. The first-order valence-corrected chi connectivity index (χ1v) is 6.66. The molecule has 2 rings (SSSR count). The smallest absolute Gasteiger partial charge is 0.0444 e. The Hall–Kier alpha value is -0.0800. The molecule has 0 N–H and O–H groups in total. The van der Waals surface area contributed by atoms with Gasteiger partial charge in [0.05, 0.1) is 0 Å². The Morgan fingerprint density at radius 1 is 1.00 bits per heavy atom. The van der Waals surface area contributed by atoms with Crippen molar-refractivity contribution < 1.29 is 11.0 Å². The van der Waals surface area contributed by atoms with Crippen LogP contribution in [0.5, 0.6) is 0 Å². The van der Waals surface area contributed by atoms with E-state index in [0.29, 0.717) is 0 Å². The quantitative estimate of drug-likeness (QED) is 0.739. The van der Waals surface area contributed by atoms with Gasteiger partial charge in [0.2, 0.25) is 0 Å². The standard InChI is InChI=1S/C15H30N2/c1-15(2,3)17-11-9-16(10-12-17)13-14-7-5-4-6-8-14/h14H,4-13H2,1-3H3/i9D2,10D2,11D2,12D2. The Kier molecular flexibility index (Phi) is 2.14. The van der Waals surface area contributed by atoms with Crippen LogP contribution in [0, 0.1) is 5.92 Å². The Balaban J connectivity index is 2.50. The number of piperazine rings is 1. The molecule has 2 fully saturated rings. The molecule has 0 aromatic heterocycles. The number of hydrogen-bond donors (Lipinski definition) is 0. The molecule has 0 aromatic rings. The van der Waals surface area contributed by atoms with E-state index >= 15 is 0 Å². The summed E-state index contributed by atoms with van der Waals surface area (Å²) in [4.78, 5) is 1.53. The third-order valence-electron chi connectivity index (χ3n) is 3.43. The molecule has 2 aliphatic rings. The van der Waals surface area contributed by atoms with Gasteiger partial charge in [0.1, 0.15) is 0 Å². The highest BCUT2D eigenvalue weighted by atomic mass is 15.3. The van der Waals surface area contributed by atoms with Crippen LogP contribution in [0.3, 0.4) is 0 Å². The summed E-state index contributed by atoms with van der Waals surface area (Å²) in [7, 11) is 0. The molecule has 1 aliphatic carbocycles. The van der Waals surface area contributed by atoms with Crippen molar-refractivity contribution in [2.24, 2.45) is 5.92 Å². The highest BCUT2D eigenvalue weighted by molar-refractivity contribution is 4.83. The molecule has 1 saturated carbocycles. The summed E-state index contributed by atoms with van der Waals surface area (Å²) in [6, 6.07) is 0. The molecule has 0 amide bonds. The summed E-state index contributed by atoms with van der Waals surface area (Å²) in [6.45, 7) is -5.94. The van der Waals surface area contributed by atoms with Gasteiger partial charge in [0.25, 0.3) is 0 Å². The molecule has 0 radical (unpaired) electrons. The number of hydrogen-bond acceptors (Lipinski definition) is 2. The van der Waals surface area contributed by atoms with Crippen molar-refractivity contribution in [3.8, 4) is 0 Å². The van der Waals surface area contributed by atoms with Crippen molar-refractivity contribution in [1.29, 1.82) is 0 Å². The van der Waals surface area contributed by atoms with E-state index in [9.17, 15) is 0 Å². The van der Waals surface area contributed by atoms with Crippen LogP contribution in [0.25, 0.3) is 0 Å². The third kappa shape index (κ3) is 3.96. The zero-order valence-electron chi connectivity index (χ0n) is 19.2. The van der Waals surface area contributed by atoms with E-state index in [-0.39, 0.29) is 12.5 Å². The Morgan fingerprint density at radius 3 is 2.12 bits per heavy atom. The lowest BCUT2D eigenvalue weighted by Crippen LogP contribution is -2.54. The number of nitrogens with zero attached hydrogens (tertiary/aromatic N) is 2. The zero-order valence-corrected chi connectivity index (χ0v) is 11.2. The van der Waals surface area contributed by atoms with Gasteiger partial charge >= 0.3 is 0 Å². The third-order valence-corrected chi connectivity index (χ3v) is 3.43. The van der Waals surface area contributed by atoms with Crippen LogP contribution in [0.4, 0.5) is 0 Å². The summed E-state index contributed by atoms with van der Waals surface area (Å²) in [5.74, 6) is 0.0617. The molecule has 0 aromatic carbocycles. The molecule has 17 heavy (non-hydrogen) atoms. The van der Waals surface area contributed by atoms with Crippen molar-refractivity contribution in [3.63, 3.8) is 0 Å². The van der Waals surface area contributed by atoms with Gasteiger partial charge in [-0.2, -0.15) is 0 Å². The van der Waals surface area contributed by atoms with Crippen LogP contribution < -0.4 is 0 Å². The molecule has 2 nitrogen and oxygen atoms in total. The van der Waals surface area contributed by atoms with Gasteiger partial charge in [-0.15, -0.1) is 0 Å². The molecular formula is C15H30N2. The Bertz CT molecular complexity index is 466. The zero-order chi connectivity index (χ0) is 19.5. The van der Waals surface area contributed by atoms with Crippen molar-refractivity contribution in [1.82, 2.24) is 9.80 Å². The predicted molar refractivity (Wildman–Crippen MR) is 74.3 cm³/mol. The minimum Gasteiger partial charge on any atom is -0.301 e. The van der Waals surface area contributed by atoms with Gasteiger partial charge in [0, 0.05) is 49.0 Å². The first-order valence-electron chi connectivity index (χ1n) is 10.7. The van der Waals surface area contributed by atoms with Gasteiger partial charge in [-0.05, 0) is 39.5 Å². The van der Waals surface area contributed by atoms with Crippen molar-refractivity contribution >= 4 is 0 Å². The van der Waals surface area contributed by atoms with Gasteiger partial charge in [-0.25, -0.2) is 0 Å². The van der Waals surface area contributed by atoms with Crippen molar-refractivity contribution in [2.45, 2.75) is 58.4 Å². The summed E-state index contributed by atoms with van der Waals surface area (Å²) in [5, 5.41) is 0. The van der Waals surface area contributed by atoms with E-state index in [1.807, 2.05) is 0 Å². The van der Waals surface area contributed by atoms with E-state index in [1.165, 1.54) is 0 Å². The lowest BCUT2D eigenvalue weighted by molar-refractivity contribution is 0.0522. The largest absolute Gasteiger partial charge is 0.301 e. The highest BCUT2D eigenvalue weighted by Gasteiger charge is 2.26. The summed E-state index contributed by atoms with van der Waals surface area (Å²) < 4.78 is 67.2. The second-order valence-corrected chi connectivity index (χ2v) is 6.07. The van der Waals surface area contributed by atoms with E-state index in [4.69, 9.17) is 11.0 Å². The molecule has 0 spiro atoms. The fraction of sp³-hybridized carbons (Fsp3) is 1.00. The molecule has 1 aliphatic heterocycles. The first-order chi connectivity index (χ1) is 11.1. The van der Waals surface area contributed by atoms with E-state index in [0.717, 1.165) is 41.9 Å². The van der Waals surface area contributed by atoms with Gasteiger partial charge in [0.15, 0.2) is 0 Å². The predicted octanol–water partition coefficient (Wildman–Crippen LogP) is 2.98. The average Bonchev–Trinajstić information content (AvgIpc) is 2.41. The van der Waals surface area contributed by atoms with Crippen LogP contribution in [0.2, 0.25) is 0 Å². The Labute approximate surface area is 119 Å². The second kappa shape index (κ2) is 5.71. The van der Waals surface area contributed by atoms with Crippen LogP contribution >= 0.6 is 0 Å². The molecule has 100 valence electrons. The number of rotatable bonds is 2. The topological polar surface area (TPSA) is 6.48 Å². The van der Waals surface area contributed by atoms with E-state index < -0.39 is 31.5 Å². The molecular weight excluding hydrogens is 208 g/mol. The fourth-order valence-electron chi connectivity index (χ4n) is 2.33. The van der Waals surface area contributed by atoms with E-state index in [2.05, 4.69) is 0 Å². The van der Waals surface area contributed by atoms with Crippen molar-refractivity contribution in [2.75, 3.05) is 32.5 Å². The molecule has 0 bridgehead atoms. The summed E-state index contributed by atoms with van der Waals surface area (Å²) >= 11 is 0. The van der Waals surface area contributed by atoms with Crippen LogP contribution in [0.15, 0.2) is 0 Å². The lowest BCUT2D eigenvalue weighted by Gasteiger charge is -2.43. The molecule has 1 heterocycles. The molecule has 0 unspecified atom stereocenters. The maximum absolute atomic E-state index is 8.42. The summed E-state index contributed by atoms with van der Waals surface area (Å²) in [6.07, 6.45) is 4.79. The monoisotopic (exact) mass is 246 g/mol. The SMILES string of the molecule is [2H]C1([2H])N(CC2CCCCC2)C([2H])([2H])C([2H])([2H])N(C(C)(C)C)C1([2H])[2H]. The van der Waals surface area contributed by atoms with Gasteiger partial charge in [-0.3, -0.25) is 4.90 Å². The maximum atomic E-state index is 8.42. The molecule has 2 heteroatoms. The summed E-state index contributed by atoms with van der Waals surface area (Å²) in [5.41, 5.74) is -1.09. The van der Waals surface area contributed by atoms with Crippen LogP contribution in [-0.2, 0) is 0 Å². The highest BCUT2D eigenvalue weighted by Crippen LogP contribution is 2.25. The first kappa shape index (κ1) is 6.38. The molecule has 1 saturated heterocycles. The van der Waals surface area contributed by atoms with Gasteiger partial charge < -0.3 is 4.90 Å². The fourth-order valence-corrected chi connectivity index (χ4v) is 2.33. The second-order valence-electron chi connectivity index (χ2n) is 6.07. The lowest BCUT2D eigenvalue weighted by atomic mass is 9.89. The Morgan fingerprint density at radius 2 is 1.59 bits per heavy atom. The minimum atomic E-state index is -2.69. The van der Waals surface area contributed by atoms with Crippen LogP contribution in [0.1, 0.15) is 63.8 Å². The maximum Gasteiger partial charge on any atom is 0.0444 e. The normalized spacial score (nSPS) is 45.1.